The fourth-order valence-electron chi connectivity index (χ4n) is 2.25. The number of nitrogens with zero attached hydrogens (tertiary/aromatic N) is 4. The lowest BCUT2D eigenvalue weighted by atomic mass is 10.4. The second kappa shape index (κ2) is 7.95. The molecule has 0 atom stereocenters. The molecule has 0 amide bonds. The largest absolute Gasteiger partial charge is 0.380 e. The SMILES string of the molecule is O=P(c1ccccc1)(c1ccccc1)[n+]1ccccc1.[N-]=[N+]=[N-]. The van der Waals surface area contributed by atoms with E-state index in [0.29, 0.717) is 0 Å². The fourth-order valence-corrected chi connectivity index (χ4v) is 4.77. The van der Waals surface area contributed by atoms with Gasteiger partial charge in [0, 0.05) is 12.1 Å². The zero-order valence-electron chi connectivity index (χ0n) is 12.3. The van der Waals surface area contributed by atoms with E-state index in [1.807, 2.05) is 95.6 Å². The lowest BCUT2D eigenvalue weighted by Crippen LogP contribution is -2.40. The summed E-state index contributed by atoms with van der Waals surface area (Å²) in [5, 5.41) is 1.67. The summed E-state index contributed by atoms with van der Waals surface area (Å²) in [6.45, 7) is 0. The van der Waals surface area contributed by atoms with E-state index in [2.05, 4.69) is 0 Å². The summed E-state index contributed by atoms with van der Waals surface area (Å²) in [7, 11) is -2.86. The van der Waals surface area contributed by atoms with Gasteiger partial charge in [-0.15, -0.1) is 0 Å². The van der Waals surface area contributed by atoms with Gasteiger partial charge in [0.2, 0.25) is 0 Å². The second-order valence-corrected chi connectivity index (χ2v) is 7.24. The van der Waals surface area contributed by atoms with Crippen LogP contribution in [-0.2, 0) is 4.57 Å². The van der Waals surface area contributed by atoms with E-state index >= 15 is 0 Å². The maximum Gasteiger partial charge on any atom is 0.380 e. The van der Waals surface area contributed by atoms with Gasteiger partial charge in [-0.1, -0.05) is 42.5 Å². The van der Waals surface area contributed by atoms with E-state index < -0.39 is 7.29 Å². The van der Waals surface area contributed by atoms with E-state index in [1.165, 1.54) is 4.91 Å². The first-order valence-electron chi connectivity index (χ1n) is 6.90. The third-order valence-corrected chi connectivity index (χ3v) is 6.15. The average molecular weight is 322 g/mol. The Morgan fingerprint density at radius 3 is 1.43 bits per heavy atom. The molecule has 2 aromatic carbocycles. The third kappa shape index (κ3) is 3.67. The molecule has 0 saturated heterocycles. The van der Waals surface area contributed by atoms with Crippen LogP contribution in [0, 0.1) is 0 Å². The molecule has 0 bridgehead atoms. The quantitative estimate of drug-likeness (QED) is 0.314. The van der Waals surface area contributed by atoms with Crippen LogP contribution in [0.2, 0.25) is 0 Å². The summed E-state index contributed by atoms with van der Waals surface area (Å²) in [4.78, 5) is 1.50. The maximum absolute atomic E-state index is 13.8. The fraction of sp³-hybridized carbons (Fsp3) is 0. The monoisotopic (exact) mass is 322 g/mol. The summed E-state index contributed by atoms with van der Waals surface area (Å²) in [5.41, 5.74) is 13.5. The molecule has 6 heteroatoms. The van der Waals surface area contributed by atoms with Gasteiger partial charge in [0.1, 0.15) is 0 Å². The highest BCUT2D eigenvalue weighted by Gasteiger charge is 2.37. The van der Waals surface area contributed by atoms with Crippen LogP contribution in [0.4, 0.5) is 0 Å². The standard InChI is InChI=1S/C17H15NOP.N3/c19-20(16-10-4-1-5-11-16,17-12-6-2-7-13-17)18-14-8-3-9-15-18;1-3-2/h1-15H;/q+1;-1. The number of hydrogen-bond acceptors (Lipinski definition) is 1. The Bertz CT molecular complexity index is 714. The zero-order chi connectivity index (χ0) is 16.5. The Morgan fingerprint density at radius 2 is 1.04 bits per heavy atom. The summed E-state index contributed by atoms with van der Waals surface area (Å²) >= 11 is 0. The van der Waals surface area contributed by atoms with Crippen molar-refractivity contribution in [1.29, 1.82) is 0 Å². The molecule has 0 N–H and O–H groups in total. The highest BCUT2D eigenvalue weighted by molar-refractivity contribution is 7.72. The predicted octanol–water partition coefficient (Wildman–Crippen LogP) is 3.62. The lowest BCUT2D eigenvalue weighted by Gasteiger charge is -2.13. The van der Waals surface area contributed by atoms with Crippen molar-refractivity contribution in [3.8, 4) is 0 Å². The molecule has 1 aromatic heterocycles. The number of aromatic nitrogens is 1. The minimum atomic E-state index is -2.86. The molecule has 1 heterocycles. The summed E-state index contributed by atoms with van der Waals surface area (Å²) in [5.74, 6) is 0. The molecular weight excluding hydrogens is 307 g/mol. The average Bonchev–Trinajstić information content (AvgIpc) is 2.64. The van der Waals surface area contributed by atoms with Gasteiger partial charge in [-0.25, -0.2) is 4.57 Å². The van der Waals surface area contributed by atoms with Crippen LogP contribution in [0.1, 0.15) is 0 Å². The lowest BCUT2D eigenvalue weighted by molar-refractivity contribution is -0.515. The van der Waals surface area contributed by atoms with Gasteiger partial charge < -0.3 is 11.1 Å². The van der Waals surface area contributed by atoms with Crippen LogP contribution >= 0.6 is 7.29 Å². The molecule has 3 rings (SSSR count). The topological polar surface area (TPSA) is 79.7 Å². The van der Waals surface area contributed by atoms with E-state index in [-0.39, 0.29) is 0 Å². The van der Waals surface area contributed by atoms with Gasteiger partial charge in [-0.3, -0.25) is 4.91 Å². The molecule has 23 heavy (non-hydrogen) atoms. The van der Waals surface area contributed by atoms with Crippen molar-refractivity contribution in [3.63, 3.8) is 0 Å². The van der Waals surface area contributed by atoms with Crippen LogP contribution in [0.25, 0.3) is 16.0 Å². The van der Waals surface area contributed by atoms with Gasteiger partial charge in [-0.2, -0.15) is 4.34 Å². The highest BCUT2D eigenvalue weighted by atomic mass is 31.2. The van der Waals surface area contributed by atoms with Crippen LogP contribution in [0.5, 0.6) is 0 Å². The van der Waals surface area contributed by atoms with Crippen LogP contribution in [-0.4, -0.2) is 0 Å². The first kappa shape index (κ1) is 16.5. The second-order valence-electron chi connectivity index (χ2n) is 4.59. The first-order chi connectivity index (χ1) is 11.2. The predicted molar refractivity (Wildman–Crippen MR) is 91.9 cm³/mol. The Morgan fingerprint density at radius 1 is 0.696 bits per heavy atom. The number of benzene rings is 2. The molecule has 0 aliphatic heterocycles. The number of pyridine rings is 1. The van der Waals surface area contributed by atoms with E-state index in [1.54, 1.807) is 0 Å². The molecular formula is C17H15N4OP. The molecule has 0 unspecified atom stereocenters. The van der Waals surface area contributed by atoms with Crippen molar-refractivity contribution in [2.75, 3.05) is 0 Å². The summed E-state index contributed by atoms with van der Waals surface area (Å²) in [6, 6.07) is 25.0. The van der Waals surface area contributed by atoms with Crippen molar-refractivity contribution >= 4 is 17.9 Å². The zero-order valence-corrected chi connectivity index (χ0v) is 13.2. The highest BCUT2D eigenvalue weighted by Crippen LogP contribution is 2.37. The summed E-state index contributed by atoms with van der Waals surface area (Å²) in [6.07, 6.45) is 3.72. The Labute approximate surface area is 134 Å². The van der Waals surface area contributed by atoms with Crippen LogP contribution < -0.4 is 14.9 Å². The van der Waals surface area contributed by atoms with Gasteiger partial charge in [0.05, 0.1) is 10.6 Å². The van der Waals surface area contributed by atoms with Gasteiger partial charge in [0.15, 0.2) is 12.4 Å². The minimum Gasteiger partial charge on any atom is -0.373 e. The summed E-state index contributed by atoms with van der Waals surface area (Å²) < 4.78 is 15.6. The van der Waals surface area contributed by atoms with Gasteiger partial charge >= 0.3 is 7.29 Å². The van der Waals surface area contributed by atoms with Crippen molar-refractivity contribution < 1.29 is 8.90 Å². The normalized spacial score (nSPS) is 10.1. The smallest absolute Gasteiger partial charge is 0.373 e. The number of rotatable bonds is 3. The van der Waals surface area contributed by atoms with Crippen molar-refractivity contribution in [1.82, 2.24) is 0 Å². The van der Waals surface area contributed by atoms with Crippen LogP contribution in [0.15, 0.2) is 91.3 Å². The molecule has 0 fully saturated rings. The molecule has 114 valence electrons. The molecule has 5 nitrogen and oxygen atoms in total. The Kier molecular flexibility index (Phi) is 5.70. The molecule has 0 saturated carbocycles. The van der Waals surface area contributed by atoms with E-state index in [0.717, 1.165) is 10.6 Å². The Hall–Kier alpha value is -2.87. The maximum atomic E-state index is 13.8. The molecule has 0 aliphatic carbocycles. The van der Waals surface area contributed by atoms with Crippen LogP contribution in [0.3, 0.4) is 0 Å². The molecule has 3 aromatic rings. The third-order valence-electron chi connectivity index (χ3n) is 3.24. The van der Waals surface area contributed by atoms with Gasteiger partial charge in [-0.05, 0) is 24.3 Å². The molecule has 0 spiro atoms. The number of hydrogen-bond donors (Lipinski definition) is 0. The van der Waals surface area contributed by atoms with Crippen molar-refractivity contribution in [2.45, 2.75) is 0 Å². The van der Waals surface area contributed by atoms with Gasteiger partial charge in [0.25, 0.3) is 0 Å². The van der Waals surface area contributed by atoms with E-state index in [9.17, 15) is 4.57 Å². The molecule has 0 aliphatic rings. The first-order valence-corrected chi connectivity index (χ1v) is 8.56. The Balaban J connectivity index is 0.000000595. The van der Waals surface area contributed by atoms with Crippen molar-refractivity contribution in [3.05, 3.63) is 107 Å². The van der Waals surface area contributed by atoms with Crippen molar-refractivity contribution in [2.24, 2.45) is 0 Å². The van der Waals surface area contributed by atoms with E-state index in [4.69, 9.17) is 11.1 Å². The molecule has 0 radical (unpaired) electrons. The minimum absolute atomic E-state index is 0.836.